The lowest BCUT2D eigenvalue weighted by Gasteiger charge is -2.63. The molecule has 4 aromatic rings. The quantitative estimate of drug-likeness (QED) is 0.114. The van der Waals surface area contributed by atoms with E-state index in [-0.39, 0.29) is 49.0 Å². The van der Waals surface area contributed by atoms with Crippen LogP contribution in [-0.4, -0.2) is 95.2 Å². The first-order chi connectivity index (χ1) is 30.1. The van der Waals surface area contributed by atoms with Gasteiger partial charge in [0.2, 0.25) is 11.5 Å². The van der Waals surface area contributed by atoms with Crippen molar-refractivity contribution in [2.45, 2.75) is 103 Å². The summed E-state index contributed by atoms with van der Waals surface area (Å²) in [6.45, 7) is 14.1. The van der Waals surface area contributed by atoms with Gasteiger partial charge in [0.1, 0.15) is 31.0 Å². The highest BCUT2D eigenvalue weighted by Gasteiger charge is 2.64. The number of nitrogens with zero attached hydrogens (tertiary/aromatic N) is 5. The molecule has 3 amide bonds. The van der Waals surface area contributed by atoms with Gasteiger partial charge in [0, 0.05) is 114 Å². The van der Waals surface area contributed by atoms with Crippen molar-refractivity contribution in [3.05, 3.63) is 105 Å². The van der Waals surface area contributed by atoms with E-state index in [0.717, 1.165) is 62.4 Å². The number of hydroxylamine groups is 3. The normalized spacial score (nSPS) is 28.7. The zero-order valence-corrected chi connectivity index (χ0v) is 36.5. The predicted octanol–water partition coefficient (Wildman–Crippen LogP) is 5.32. The number of aromatic nitrogens is 1. The fourth-order valence-corrected chi connectivity index (χ4v) is 12.5. The van der Waals surface area contributed by atoms with Gasteiger partial charge in [-0.1, -0.05) is 33.8 Å². The number of carbonyl (C=O) groups excluding carboxylic acids is 3. The van der Waals surface area contributed by atoms with E-state index in [0.29, 0.717) is 52.2 Å². The van der Waals surface area contributed by atoms with E-state index in [4.69, 9.17) is 4.74 Å². The number of hydrogen-bond acceptors (Lipinski definition) is 10. The molecule has 7 aliphatic rings. The second-order valence-electron chi connectivity index (χ2n) is 20.2. The summed E-state index contributed by atoms with van der Waals surface area (Å²) < 4.78 is 6.03. The molecule has 3 N–H and O–H groups in total. The summed E-state index contributed by atoms with van der Waals surface area (Å²) in [6.07, 6.45) is 3.71. The number of H-pyrrole nitrogens is 1. The molecule has 0 spiro atoms. The van der Waals surface area contributed by atoms with Crippen molar-refractivity contribution >= 4 is 40.0 Å². The zero-order chi connectivity index (χ0) is 44.0. The summed E-state index contributed by atoms with van der Waals surface area (Å²) in [5.74, 6) is 0.373. The molecule has 3 unspecified atom stereocenters. The summed E-state index contributed by atoms with van der Waals surface area (Å²) >= 11 is 0. The first-order valence-corrected chi connectivity index (χ1v) is 22.5. The van der Waals surface area contributed by atoms with Crippen LogP contribution in [0.3, 0.4) is 0 Å². The largest absolute Gasteiger partial charge is 0.632 e. The number of nitriles is 1. The number of imide groups is 1. The number of anilines is 2. The number of benzene rings is 3. The van der Waals surface area contributed by atoms with Crippen molar-refractivity contribution in [2.24, 2.45) is 16.7 Å². The van der Waals surface area contributed by atoms with E-state index in [9.17, 15) is 29.6 Å². The van der Waals surface area contributed by atoms with Crippen LogP contribution in [0.2, 0.25) is 0 Å². The molecule has 11 rings (SSSR count). The Kier molecular flexibility index (Phi) is 9.96. The molecule has 5 saturated heterocycles. The molecule has 7 heterocycles. The summed E-state index contributed by atoms with van der Waals surface area (Å²) in [7, 11) is 0. The van der Waals surface area contributed by atoms with E-state index >= 15 is 0 Å². The second-order valence-corrected chi connectivity index (χ2v) is 20.2. The molecule has 3 aromatic carbocycles. The molecule has 4 atom stereocenters. The minimum Gasteiger partial charge on any atom is -0.632 e. The van der Waals surface area contributed by atoms with Crippen LogP contribution in [0.5, 0.6) is 5.75 Å². The first kappa shape index (κ1) is 41.3. The number of rotatable bonds is 9. The number of nitrogens with one attached hydrogen (secondary N) is 3. The molecule has 0 radical (unpaired) electrons. The molecule has 2 bridgehead atoms. The highest BCUT2D eigenvalue weighted by Crippen LogP contribution is 2.56. The van der Waals surface area contributed by atoms with E-state index < -0.39 is 27.4 Å². The van der Waals surface area contributed by atoms with Gasteiger partial charge >= 0.3 is 0 Å². The Labute approximate surface area is 367 Å². The number of carbonyl (C=O) groups is 3. The Morgan fingerprint density at radius 2 is 1.60 bits per heavy atom. The third kappa shape index (κ3) is 7.14. The molecule has 1 aliphatic carbocycles. The highest BCUT2D eigenvalue weighted by atomic mass is 16.6. The van der Waals surface area contributed by atoms with E-state index in [1.807, 2.05) is 12.1 Å². The molecular formula is C49H56N8O6. The fourth-order valence-electron chi connectivity index (χ4n) is 12.5. The second kappa shape index (κ2) is 15.2. The summed E-state index contributed by atoms with van der Waals surface area (Å²) in [4.78, 5) is 60.4. The maximum Gasteiger partial charge on any atom is 0.285 e. The first-order valence-electron chi connectivity index (χ1n) is 22.5. The van der Waals surface area contributed by atoms with Crippen LogP contribution in [0.1, 0.15) is 86.8 Å². The van der Waals surface area contributed by atoms with Crippen LogP contribution in [0.15, 0.2) is 71.5 Å². The lowest BCUT2D eigenvalue weighted by molar-refractivity contribution is -0.916. The van der Waals surface area contributed by atoms with E-state index in [1.165, 1.54) is 18.2 Å². The molecular weight excluding hydrogens is 797 g/mol. The Hall–Kier alpha value is -5.75. The van der Waals surface area contributed by atoms with Crippen molar-refractivity contribution in [3.8, 4) is 11.8 Å². The van der Waals surface area contributed by atoms with Crippen LogP contribution < -0.4 is 30.7 Å². The topological polar surface area (TPSA) is 174 Å². The van der Waals surface area contributed by atoms with Gasteiger partial charge in [-0.05, 0) is 79.8 Å². The van der Waals surface area contributed by atoms with Gasteiger partial charge in [0.05, 0.1) is 11.1 Å². The summed E-state index contributed by atoms with van der Waals surface area (Å²) in [5.41, 5.74) is 4.70. The molecule has 6 aliphatic heterocycles. The molecule has 1 saturated carbocycles. The van der Waals surface area contributed by atoms with Crippen LogP contribution in [-0.2, 0) is 22.7 Å². The van der Waals surface area contributed by atoms with E-state index in [1.54, 1.807) is 18.2 Å². The monoisotopic (exact) mass is 852 g/mol. The number of hydrogen-bond donors (Lipinski definition) is 3. The number of amides is 3. The van der Waals surface area contributed by atoms with Gasteiger partial charge in [0.15, 0.2) is 6.04 Å². The Balaban J connectivity index is 0.698. The number of ether oxygens (including phenoxy) is 1. The molecule has 14 nitrogen and oxygen atoms in total. The number of pyridine rings is 1. The van der Waals surface area contributed by atoms with Crippen molar-refractivity contribution in [1.82, 2.24) is 20.5 Å². The van der Waals surface area contributed by atoms with Crippen molar-refractivity contribution in [3.63, 3.8) is 0 Å². The predicted molar refractivity (Wildman–Crippen MR) is 239 cm³/mol. The van der Waals surface area contributed by atoms with Crippen LogP contribution >= 0.6 is 0 Å². The van der Waals surface area contributed by atoms with E-state index in [2.05, 4.69) is 94.4 Å². The molecule has 63 heavy (non-hydrogen) atoms. The average Bonchev–Trinajstić information content (AvgIpc) is 3.60. The van der Waals surface area contributed by atoms with Crippen LogP contribution in [0.4, 0.5) is 11.4 Å². The minimum absolute atomic E-state index is 0.117. The van der Waals surface area contributed by atoms with Gasteiger partial charge in [-0.2, -0.15) is 5.26 Å². The SMILES string of the molecule is CC1(C)C(NC(=O)c2ccc(N3CCC(CN4CC5CC(C4)N5c4ccc5c(c4)C[N+]([O-])([C@H]4CCC(=O)NC4=O)C5)CC3)cc2)C(C)(C)C1Oc1ccc(C#N)c2[nH]c(=O)ccc12. The number of aromatic amines is 1. The number of piperidine rings is 3. The maximum absolute atomic E-state index is 13.8. The zero-order valence-electron chi connectivity index (χ0n) is 36.5. The standard InChI is InChI=1S/C49H56N8O6/c1-48(2)46(49(3,4)47(48)63-40-14-8-31(23-50)43-38(40)12-15-41(58)51-43)53-44(60)30-5-9-34(10-6-30)55-19-17-29(18-20-55)24-54-25-36-22-37(26-54)56(36)35-11-7-32-27-57(62,28-33(32)21-35)39-13-16-42(59)52-45(39)61/h5-12,14-15,21,29,36-37,39,46-47H,13,16-20,22,24-28H2,1-4H3,(H,51,58)(H,53,60)(H,52,59,61)/t36?,37?,39-,46?,47?,57?/m0/s1. The van der Waals surface area contributed by atoms with Crippen molar-refractivity contribution < 1.29 is 23.8 Å². The number of fused-ring (bicyclic) bond motifs is 4. The summed E-state index contributed by atoms with van der Waals surface area (Å²) in [5, 5.41) is 29.8. The number of quaternary nitrogens is 1. The smallest absolute Gasteiger partial charge is 0.285 e. The molecule has 328 valence electrons. The Bertz CT molecular complexity index is 2580. The van der Waals surface area contributed by atoms with Gasteiger partial charge in [-0.25, -0.2) is 0 Å². The van der Waals surface area contributed by atoms with Gasteiger partial charge in [0.25, 0.3) is 11.8 Å². The maximum atomic E-state index is 13.8. The average molecular weight is 853 g/mol. The fraction of sp³-hybridized carbons (Fsp3) is 0.490. The minimum atomic E-state index is -0.737. The third-order valence-electron chi connectivity index (χ3n) is 15.4. The lowest BCUT2D eigenvalue weighted by atomic mass is 9.49. The highest BCUT2D eigenvalue weighted by molar-refractivity contribution is 5.99. The lowest BCUT2D eigenvalue weighted by Crippen LogP contribution is -2.74. The number of piperazine rings is 1. The Morgan fingerprint density at radius 1 is 0.905 bits per heavy atom. The van der Waals surface area contributed by atoms with Crippen LogP contribution in [0, 0.1) is 33.3 Å². The molecule has 14 heteroatoms. The molecule has 6 fully saturated rings. The van der Waals surface area contributed by atoms with Gasteiger partial charge < -0.3 is 34.7 Å². The summed E-state index contributed by atoms with van der Waals surface area (Å²) in [6, 6.07) is 23.1. The Morgan fingerprint density at radius 3 is 2.30 bits per heavy atom. The van der Waals surface area contributed by atoms with Crippen LogP contribution in [0.25, 0.3) is 10.9 Å². The van der Waals surface area contributed by atoms with Crippen molar-refractivity contribution in [2.75, 3.05) is 42.5 Å². The molecule has 1 aromatic heterocycles. The van der Waals surface area contributed by atoms with Gasteiger partial charge in [-0.15, -0.1) is 0 Å². The van der Waals surface area contributed by atoms with Crippen molar-refractivity contribution in [1.29, 1.82) is 5.26 Å². The van der Waals surface area contributed by atoms with Gasteiger partial charge in [-0.3, -0.25) is 29.4 Å². The third-order valence-corrected chi connectivity index (χ3v) is 15.4.